The first-order valence-electron chi connectivity index (χ1n) is 12.6. The second-order valence-corrected chi connectivity index (χ2v) is 9.79. The lowest BCUT2D eigenvalue weighted by Gasteiger charge is -2.31. The number of aldehydes is 1. The molecule has 1 N–H and O–H groups in total. The molecule has 1 atom stereocenters. The van der Waals surface area contributed by atoms with Gasteiger partial charge in [0.2, 0.25) is 5.82 Å². The number of nitriles is 1. The lowest BCUT2D eigenvalue weighted by Crippen LogP contribution is -2.45. The maximum atomic E-state index is 12.9. The summed E-state index contributed by atoms with van der Waals surface area (Å²) in [7, 11) is 0. The van der Waals surface area contributed by atoms with Crippen LogP contribution >= 0.6 is 0 Å². The molecule has 0 bridgehead atoms. The molecule has 1 saturated heterocycles. The molecular weight excluding hydrogens is 470 g/mol. The first kappa shape index (κ1) is 24.5. The number of nitrogens with zero attached hydrogens (tertiary/aromatic N) is 4. The number of hydrogen-bond acceptors (Lipinski definition) is 7. The molecule has 3 aromatic rings. The summed E-state index contributed by atoms with van der Waals surface area (Å²) in [6, 6.07) is 13.1. The summed E-state index contributed by atoms with van der Waals surface area (Å²) in [5, 5.41) is 16.9. The van der Waals surface area contributed by atoms with Gasteiger partial charge < -0.3 is 24.3 Å². The van der Waals surface area contributed by atoms with Crippen molar-refractivity contribution in [3.05, 3.63) is 53.1 Å². The van der Waals surface area contributed by atoms with Crippen molar-refractivity contribution in [1.29, 1.82) is 5.26 Å². The van der Waals surface area contributed by atoms with Crippen LogP contribution in [-0.2, 0) is 11.2 Å². The van der Waals surface area contributed by atoms with Crippen molar-refractivity contribution in [1.82, 2.24) is 20.4 Å². The zero-order valence-corrected chi connectivity index (χ0v) is 20.9. The quantitative estimate of drug-likeness (QED) is 0.489. The highest BCUT2D eigenvalue weighted by Crippen LogP contribution is 2.38. The maximum Gasteiger partial charge on any atom is 0.317 e. The normalized spacial score (nSPS) is 17.4. The van der Waals surface area contributed by atoms with E-state index in [0.29, 0.717) is 54.5 Å². The molecule has 1 aromatic heterocycles. The van der Waals surface area contributed by atoms with Crippen LogP contribution in [0.3, 0.4) is 0 Å². The summed E-state index contributed by atoms with van der Waals surface area (Å²) in [5.74, 6) is 1.36. The maximum absolute atomic E-state index is 12.9. The van der Waals surface area contributed by atoms with Crippen molar-refractivity contribution in [2.45, 2.75) is 51.7 Å². The molecule has 5 rings (SSSR count). The number of ether oxygens (including phenoxy) is 1. The largest absolute Gasteiger partial charge is 0.490 e. The van der Waals surface area contributed by atoms with Gasteiger partial charge in [-0.2, -0.15) is 10.2 Å². The number of piperidine rings is 1. The number of hydrogen-bond donors (Lipinski definition) is 1. The monoisotopic (exact) mass is 499 g/mol. The number of nitrogens with one attached hydrogen (secondary N) is 1. The smallest absolute Gasteiger partial charge is 0.317 e. The molecule has 9 nitrogen and oxygen atoms in total. The number of urea groups is 1. The van der Waals surface area contributed by atoms with Crippen LogP contribution in [0.15, 0.2) is 40.9 Å². The lowest BCUT2D eigenvalue weighted by molar-refractivity contribution is -0.112. The minimum absolute atomic E-state index is 0.0450. The predicted octanol–water partition coefficient (Wildman–Crippen LogP) is 4.67. The van der Waals surface area contributed by atoms with Crippen LogP contribution in [0, 0.1) is 17.2 Å². The van der Waals surface area contributed by atoms with Gasteiger partial charge in [-0.3, -0.25) is 0 Å². The van der Waals surface area contributed by atoms with Gasteiger partial charge in [-0.05, 0) is 68.9 Å². The fourth-order valence-electron chi connectivity index (χ4n) is 5.05. The number of aromatic nitrogens is 2. The number of benzene rings is 2. The minimum atomic E-state index is -0.0932. The Bertz CT molecular complexity index is 1350. The van der Waals surface area contributed by atoms with Gasteiger partial charge in [0.05, 0.1) is 17.7 Å². The summed E-state index contributed by atoms with van der Waals surface area (Å²) in [4.78, 5) is 30.3. The fourth-order valence-corrected chi connectivity index (χ4v) is 5.05. The number of fused-ring (bicyclic) bond motifs is 1. The van der Waals surface area contributed by atoms with Crippen molar-refractivity contribution in [2.24, 2.45) is 5.92 Å². The summed E-state index contributed by atoms with van der Waals surface area (Å²) in [6.45, 7) is 5.01. The third kappa shape index (κ3) is 5.05. The minimum Gasteiger partial charge on any atom is -0.490 e. The molecule has 190 valence electrons. The molecule has 9 heteroatoms. The molecule has 1 fully saturated rings. The number of carbonyl (C=O) groups excluding carboxylic acids is 2. The van der Waals surface area contributed by atoms with Gasteiger partial charge in [0.1, 0.15) is 18.1 Å². The Morgan fingerprint density at radius 3 is 2.78 bits per heavy atom. The first-order valence-corrected chi connectivity index (χ1v) is 12.6. The molecule has 2 aromatic carbocycles. The van der Waals surface area contributed by atoms with E-state index < -0.39 is 0 Å². The van der Waals surface area contributed by atoms with E-state index in [1.807, 2.05) is 32.0 Å². The van der Waals surface area contributed by atoms with E-state index in [9.17, 15) is 14.9 Å². The van der Waals surface area contributed by atoms with E-state index in [0.717, 1.165) is 35.8 Å². The van der Waals surface area contributed by atoms with E-state index >= 15 is 0 Å². The van der Waals surface area contributed by atoms with Gasteiger partial charge >= 0.3 is 6.03 Å². The first-order chi connectivity index (χ1) is 18.0. The zero-order valence-electron chi connectivity index (χ0n) is 20.9. The second kappa shape index (κ2) is 10.4. The van der Waals surface area contributed by atoms with Gasteiger partial charge in [0.15, 0.2) is 0 Å². The molecule has 0 radical (unpaired) electrons. The van der Waals surface area contributed by atoms with Crippen molar-refractivity contribution in [2.75, 3.05) is 13.1 Å². The van der Waals surface area contributed by atoms with E-state index in [2.05, 4.69) is 21.5 Å². The lowest BCUT2D eigenvalue weighted by atomic mass is 9.99. The molecule has 2 amide bonds. The predicted molar refractivity (Wildman–Crippen MR) is 136 cm³/mol. The van der Waals surface area contributed by atoms with Gasteiger partial charge in [-0.25, -0.2) is 4.79 Å². The summed E-state index contributed by atoms with van der Waals surface area (Å²) in [5.41, 5.74) is 4.07. The highest BCUT2D eigenvalue weighted by atomic mass is 16.5. The molecular formula is C28H29N5O4. The molecule has 2 heterocycles. The van der Waals surface area contributed by atoms with Gasteiger partial charge in [0, 0.05) is 30.1 Å². The average molecular weight is 500 g/mol. The van der Waals surface area contributed by atoms with Crippen LogP contribution in [0.4, 0.5) is 4.79 Å². The summed E-state index contributed by atoms with van der Waals surface area (Å²) in [6.07, 6.45) is 3.95. The van der Waals surface area contributed by atoms with Crippen LogP contribution in [0.1, 0.15) is 55.8 Å². The number of carbonyl (C=O) groups is 2. The Morgan fingerprint density at radius 2 is 2.05 bits per heavy atom. The van der Waals surface area contributed by atoms with Crippen molar-refractivity contribution in [3.63, 3.8) is 0 Å². The summed E-state index contributed by atoms with van der Waals surface area (Å²) >= 11 is 0. The highest BCUT2D eigenvalue weighted by molar-refractivity contribution is 5.76. The van der Waals surface area contributed by atoms with Gasteiger partial charge in [-0.15, -0.1) is 0 Å². The molecule has 0 spiro atoms. The Hall–Kier alpha value is -4.19. The van der Waals surface area contributed by atoms with Crippen LogP contribution in [0.2, 0.25) is 0 Å². The van der Waals surface area contributed by atoms with Crippen LogP contribution in [-0.4, -0.2) is 46.6 Å². The van der Waals surface area contributed by atoms with Crippen molar-refractivity contribution >= 4 is 12.3 Å². The molecule has 37 heavy (non-hydrogen) atoms. The number of rotatable bonds is 6. The van der Waals surface area contributed by atoms with E-state index in [1.54, 1.807) is 23.1 Å². The van der Waals surface area contributed by atoms with E-state index in [1.165, 1.54) is 0 Å². The van der Waals surface area contributed by atoms with Gasteiger partial charge in [0.25, 0.3) is 5.89 Å². The molecule has 0 saturated carbocycles. The van der Waals surface area contributed by atoms with Gasteiger partial charge in [-0.1, -0.05) is 23.4 Å². The summed E-state index contributed by atoms with van der Waals surface area (Å²) < 4.78 is 11.3. The third-order valence-electron chi connectivity index (χ3n) is 6.96. The molecule has 2 aliphatic rings. The second-order valence-electron chi connectivity index (χ2n) is 9.79. The Labute approximate surface area is 215 Å². The number of likely N-dealkylation sites (tertiary alicyclic amines) is 1. The Balaban J connectivity index is 1.33. The van der Waals surface area contributed by atoms with Crippen LogP contribution in [0.5, 0.6) is 5.75 Å². The van der Waals surface area contributed by atoms with Crippen LogP contribution in [0.25, 0.3) is 22.8 Å². The third-order valence-corrected chi connectivity index (χ3v) is 6.96. The topological polar surface area (TPSA) is 121 Å². The Kier molecular flexibility index (Phi) is 6.91. The highest BCUT2D eigenvalue weighted by Gasteiger charge is 2.30. The Morgan fingerprint density at radius 1 is 1.24 bits per heavy atom. The molecule has 1 aliphatic carbocycles. The molecule has 1 unspecified atom stereocenters. The average Bonchev–Trinajstić information content (AvgIpc) is 3.56. The SMILES string of the molecule is CC(C)Oc1ccc(-c2nc(-c3cccc4c3CCC4NC(=O)N3CCC(C=O)CC3)no2)cc1C#N. The standard InChI is InChI=1S/C28H29N5O4/c1-17(2)36-25-9-6-19(14-20(25)15-29)27-31-26(32-37-27)23-5-3-4-22-21(23)7-8-24(22)30-28(35)33-12-10-18(16-34)11-13-33/h3-6,9,14,16-18,24H,7-8,10-13H2,1-2H3,(H,30,35). The fraction of sp³-hybridized carbons (Fsp3) is 0.393. The molecule has 1 aliphatic heterocycles. The zero-order chi connectivity index (χ0) is 25.9. The van der Waals surface area contributed by atoms with Crippen LogP contribution < -0.4 is 10.1 Å². The van der Waals surface area contributed by atoms with Crippen molar-refractivity contribution < 1.29 is 18.8 Å². The van der Waals surface area contributed by atoms with Crippen molar-refractivity contribution in [3.8, 4) is 34.7 Å². The van der Waals surface area contributed by atoms with E-state index in [4.69, 9.17) is 9.26 Å². The van der Waals surface area contributed by atoms with E-state index in [-0.39, 0.29) is 24.1 Å². The number of amides is 2.